The number of benzene rings is 1. The molecule has 3 rings (SSSR count). The number of carbonyl (C=O) groups is 4. The first kappa shape index (κ1) is 12.7. The number of H-pyrrole nitrogens is 1. The molecule has 100 valence electrons. The van der Waals surface area contributed by atoms with E-state index in [-0.39, 0.29) is 0 Å². The van der Waals surface area contributed by atoms with Crippen molar-refractivity contribution in [3.8, 4) is 0 Å². The number of fused-ring (bicyclic) bond motifs is 1. The number of halogens is 1. The highest BCUT2D eigenvalue weighted by atomic mass is 35.5. The maximum atomic E-state index is 11.9. The molecule has 0 amide bonds. The molecule has 2 aromatic rings. The van der Waals surface area contributed by atoms with Gasteiger partial charge in [0.05, 0.1) is 6.42 Å². The minimum absolute atomic E-state index is 0.318. The van der Waals surface area contributed by atoms with E-state index in [1.807, 2.05) is 0 Å². The summed E-state index contributed by atoms with van der Waals surface area (Å²) in [6.45, 7) is 0. The van der Waals surface area contributed by atoms with Crippen LogP contribution in [0.3, 0.4) is 0 Å². The van der Waals surface area contributed by atoms with Crippen LogP contribution < -0.4 is 0 Å². The van der Waals surface area contributed by atoms with Gasteiger partial charge in [0.25, 0.3) is 0 Å². The number of aromatic amines is 1. The van der Waals surface area contributed by atoms with E-state index in [1.165, 1.54) is 6.20 Å². The number of ketones is 4. The Labute approximate surface area is 117 Å². The van der Waals surface area contributed by atoms with Gasteiger partial charge in [0.2, 0.25) is 23.1 Å². The molecule has 1 N–H and O–H groups in total. The molecular formula is C14H8ClNO4. The molecule has 1 aromatic carbocycles. The minimum atomic E-state index is -1.35. The van der Waals surface area contributed by atoms with Crippen molar-refractivity contribution in [1.29, 1.82) is 0 Å². The van der Waals surface area contributed by atoms with Crippen molar-refractivity contribution in [2.45, 2.75) is 12.3 Å². The Kier molecular flexibility index (Phi) is 2.79. The van der Waals surface area contributed by atoms with Crippen molar-refractivity contribution in [2.75, 3.05) is 0 Å². The topological polar surface area (TPSA) is 84.1 Å². The van der Waals surface area contributed by atoms with Crippen LogP contribution in [0.15, 0.2) is 24.4 Å². The standard InChI is InChI=1S/C14H8ClNO4/c15-6-1-2-9-7(3-6)8(5-16-9)12-13(19)10(17)4-11(18)14(12)20/h1-3,5,12,16H,4H2. The molecule has 5 nitrogen and oxygen atoms in total. The van der Waals surface area contributed by atoms with Crippen LogP contribution in [0.5, 0.6) is 0 Å². The van der Waals surface area contributed by atoms with Gasteiger partial charge >= 0.3 is 0 Å². The lowest BCUT2D eigenvalue weighted by Gasteiger charge is -2.16. The number of carbonyl (C=O) groups excluding carboxylic acids is 4. The van der Waals surface area contributed by atoms with E-state index < -0.39 is 35.5 Å². The number of hydrogen-bond donors (Lipinski definition) is 1. The fourth-order valence-corrected chi connectivity index (χ4v) is 2.57. The normalized spacial score (nSPS) is 17.2. The second kappa shape index (κ2) is 4.38. The molecule has 0 saturated heterocycles. The Bertz CT molecular complexity index is 764. The first-order valence-electron chi connectivity index (χ1n) is 5.89. The summed E-state index contributed by atoms with van der Waals surface area (Å²) in [5.41, 5.74) is 0.995. The molecule has 1 saturated carbocycles. The average molecular weight is 290 g/mol. The van der Waals surface area contributed by atoms with Crippen molar-refractivity contribution in [1.82, 2.24) is 4.98 Å². The molecule has 1 aliphatic rings. The lowest BCUT2D eigenvalue weighted by atomic mass is 9.80. The zero-order valence-electron chi connectivity index (χ0n) is 10.1. The lowest BCUT2D eigenvalue weighted by Crippen LogP contribution is -2.40. The molecule has 1 aromatic heterocycles. The van der Waals surface area contributed by atoms with Crippen molar-refractivity contribution >= 4 is 45.6 Å². The molecule has 0 unspecified atom stereocenters. The van der Waals surface area contributed by atoms with Crippen LogP contribution in [0, 0.1) is 0 Å². The second-order valence-electron chi connectivity index (χ2n) is 4.62. The summed E-state index contributed by atoms with van der Waals surface area (Å²) < 4.78 is 0. The molecule has 20 heavy (non-hydrogen) atoms. The maximum Gasteiger partial charge on any atom is 0.214 e. The Balaban J connectivity index is 2.20. The molecule has 0 aliphatic heterocycles. The van der Waals surface area contributed by atoms with Crippen molar-refractivity contribution in [3.63, 3.8) is 0 Å². The van der Waals surface area contributed by atoms with Crippen LogP contribution in [0.1, 0.15) is 17.9 Å². The summed E-state index contributed by atoms with van der Waals surface area (Å²) >= 11 is 5.90. The molecule has 6 heteroatoms. The van der Waals surface area contributed by atoms with Crippen LogP contribution >= 0.6 is 11.6 Å². The monoisotopic (exact) mass is 289 g/mol. The van der Waals surface area contributed by atoms with Crippen LogP contribution in [-0.2, 0) is 19.2 Å². The molecule has 0 atom stereocenters. The predicted molar refractivity (Wildman–Crippen MR) is 70.7 cm³/mol. The smallest absolute Gasteiger partial charge is 0.214 e. The fraction of sp³-hybridized carbons (Fsp3) is 0.143. The Morgan fingerprint density at radius 1 is 1.05 bits per heavy atom. The van der Waals surface area contributed by atoms with Gasteiger partial charge in [-0.1, -0.05) is 11.6 Å². The third-order valence-corrected chi connectivity index (χ3v) is 3.62. The quantitative estimate of drug-likeness (QED) is 0.638. The molecular weight excluding hydrogens is 282 g/mol. The second-order valence-corrected chi connectivity index (χ2v) is 5.06. The van der Waals surface area contributed by atoms with Crippen LogP contribution in [0.25, 0.3) is 10.9 Å². The first-order valence-corrected chi connectivity index (χ1v) is 6.27. The van der Waals surface area contributed by atoms with Crippen molar-refractivity contribution < 1.29 is 19.2 Å². The van der Waals surface area contributed by atoms with Gasteiger partial charge in [-0.25, -0.2) is 0 Å². The number of Topliss-reactive ketones (excluding diaryl/α,β-unsaturated/α-hetero) is 4. The fourth-order valence-electron chi connectivity index (χ4n) is 2.40. The van der Waals surface area contributed by atoms with E-state index in [4.69, 9.17) is 11.6 Å². The van der Waals surface area contributed by atoms with Crippen LogP contribution in [0.2, 0.25) is 5.02 Å². The van der Waals surface area contributed by atoms with Crippen LogP contribution in [-0.4, -0.2) is 28.1 Å². The van der Waals surface area contributed by atoms with Gasteiger partial charge in [0.15, 0.2) is 0 Å². The summed E-state index contributed by atoms with van der Waals surface area (Å²) in [4.78, 5) is 49.8. The zero-order chi connectivity index (χ0) is 14.4. The van der Waals surface area contributed by atoms with Gasteiger partial charge in [-0.15, -0.1) is 0 Å². The zero-order valence-corrected chi connectivity index (χ0v) is 10.9. The van der Waals surface area contributed by atoms with Gasteiger partial charge in [0.1, 0.15) is 5.92 Å². The summed E-state index contributed by atoms with van der Waals surface area (Å²) in [6, 6.07) is 4.94. The van der Waals surface area contributed by atoms with Crippen molar-refractivity contribution in [2.24, 2.45) is 0 Å². The molecule has 0 bridgehead atoms. The predicted octanol–water partition coefficient (Wildman–Crippen LogP) is 1.58. The third-order valence-electron chi connectivity index (χ3n) is 3.38. The lowest BCUT2D eigenvalue weighted by molar-refractivity contribution is -0.149. The van der Waals surface area contributed by atoms with Crippen molar-refractivity contribution in [3.05, 3.63) is 35.0 Å². The summed E-state index contributed by atoms with van der Waals surface area (Å²) in [6.07, 6.45) is 0.838. The van der Waals surface area contributed by atoms with E-state index in [9.17, 15) is 19.2 Å². The number of nitrogens with one attached hydrogen (secondary N) is 1. The summed E-state index contributed by atoms with van der Waals surface area (Å²) in [5, 5.41) is 0.999. The van der Waals surface area contributed by atoms with E-state index in [1.54, 1.807) is 18.2 Å². The van der Waals surface area contributed by atoms with E-state index in [0.29, 0.717) is 21.5 Å². The molecule has 0 radical (unpaired) electrons. The Hall–Kier alpha value is -2.27. The van der Waals surface area contributed by atoms with Gasteiger partial charge in [-0.3, -0.25) is 19.2 Å². The highest BCUT2D eigenvalue weighted by Gasteiger charge is 2.43. The average Bonchev–Trinajstić information content (AvgIpc) is 2.80. The maximum absolute atomic E-state index is 11.9. The third kappa shape index (κ3) is 1.78. The Morgan fingerprint density at radius 3 is 2.35 bits per heavy atom. The van der Waals surface area contributed by atoms with Gasteiger partial charge in [-0.05, 0) is 23.8 Å². The molecule has 0 spiro atoms. The molecule has 1 heterocycles. The first-order chi connectivity index (χ1) is 9.49. The van der Waals surface area contributed by atoms with Crippen LogP contribution in [0.4, 0.5) is 0 Å². The minimum Gasteiger partial charge on any atom is -0.361 e. The molecule has 1 fully saturated rings. The molecule has 1 aliphatic carbocycles. The number of rotatable bonds is 1. The SMILES string of the molecule is O=C1CC(=O)C(=O)C(c2c[nH]c3ccc(Cl)cc23)C1=O. The Morgan fingerprint density at radius 2 is 1.70 bits per heavy atom. The van der Waals surface area contributed by atoms with Gasteiger partial charge < -0.3 is 4.98 Å². The van der Waals surface area contributed by atoms with Gasteiger partial charge in [-0.2, -0.15) is 0 Å². The number of aromatic nitrogens is 1. The highest BCUT2D eigenvalue weighted by Crippen LogP contribution is 2.31. The van der Waals surface area contributed by atoms with E-state index >= 15 is 0 Å². The summed E-state index contributed by atoms with van der Waals surface area (Å²) in [7, 11) is 0. The van der Waals surface area contributed by atoms with E-state index in [2.05, 4.69) is 4.98 Å². The highest BCUT2D eigenvalue weighted by molar-refractivity contribution is 6.61. The van der Waals surface area contributed by atoms with E-state index in [0.717, 1.165) is 0 Å². The largest absolute Gasteiger partial charge is 0.361 e. The van der Waals surface area contributed by atoms with Gasteiger partial charge in [0, 0.05) is 22.1 Å². The summed E-state index contributed by atoms with van der Waals surface area (Å²) in [5.74, 6) is -4.67. The number of hydrogen-bond acceptors (Lipinski definition) is 4.